The number of rotatable bonds is 6. The summed E-state index contributed by atoms with van der Waals surface area (Å²) in [7, 11) is 1.63. The average Bonchev–Trinajstić information content (AvgIpc) is 3.20. The first-order chi connectivity index (χ1) is 12.7. The molecular formula is C20H24N2O3S. The second-order valence-electron chi connectivity index (χ2n) is 6.37. The van der Waals surface area contributed by atoms with Crippen LogP contribution >= 0.6 is 11.3 Å². The van der Waals surface area contributed by atoms with Gasteiger partial charge in [-0.25, -0.2) is 0 Å². The van der Waals surface area contributed by atoms with Gasteiger partial charge in [0, 0.05) is 37.5 Å². The molecule has 1 aliphatic rings. The molecule has 0 radical (unpaired) electrons. The average molecular weight is 372 g/mol. The summed E-state index contributed by atoms with van der Waals surface area (Å²) >= 11 is 1.69. The van der Waals surface area contributed by atoms with Gasteiger partial charge in [0.15, 0.2) is 0 Å². The molecule has 26 heavy (non-hydrogen) atoms. The summed E-state index contributed by atoms with van der Waals surface area (Å²) in [5, 5.41) is 2.03. The summed E-state index contributed by atoms with van der Waals surface area (Å²) in [6.07, 6.45) is 1.73. The van der Waals surface area contributed by atoms with Gasteiger partial charge in [0.2, 0.25) is 11.8 Å². The Morgan fingerprint density at radius 1 is 1.00 bits per heavy atom. The van der Waals surface area contributed by atoms with Gasteiger partial charge in [-0.05, 0) is 35.6 Å². The van der Waals surface area contributed by atoms with Crippen molar-refractivity contribution in [1.29, 1.82) is 0 Å². The number of ether oxygens (including phenoxy) is 1. The van der Waals surface area contributed by atoms with Crippen molar-refractivity contribution in [2.24, 2.45) is 0 Å². The van der Waals surface area contributed by atoms with Crippen LogP contribution in [0, 0.1) is 0 Å². The molecule has 2 heterocycles. The Labute approximate surface area is 158 Å². The molecule has 6 heteroatoms. The number of carbonyl (C=O) groups excluding carboxylic acids is 2. The summed E-state index contributed by atoms with van der Waals surface area (Å²) < 4.78 is 5.14. The fourth-order valence-electron chi connectivity index (χ4n) is 3.08. The van der Waals surface area contributed by atoms with Gasteiger partial charge in [0.1, 0.15) is 5.75 Å². The number of hydrogen-bond donors (Lipinski definition) is 0. The number of methoxy groups -OCH3 is 1. The number of aryl methyl sites for hydroxylation is 1. The van der Waals surface area contributed by atoms with E-state index in [0.29, 0.717) is 39.0 Å². The largest absolute Gasteiger partial charge is 0.497 e. The zero-order chi connectivity index (χ0) is 18.4. The number of hydrogen-bond acceptors (Lipinski definition) is 4. The van der Waals surface area contributed by atoms with Crippen LogP contribution in [-0.2, 0) is 22.4 Å². The second-order valence-corrected chi connectivity index (χ2v) is 7.40. The van der Waals surface area contributed by atoms with Crippen molar-refractivity contribution in [3.05, 3.63) is 52.2 Å². The lowest BCUT2D eigenvalue weighted by molar-refractivity contribution is -0.139. The lowest BCUT2D eigenvalue weighted by atomic mass is 10.1. The van der Waals surface area contributed by atoms with Crippen LogP contribution in [0.3, 0.4) is 0 Å². The highest BCUT2D eigenvalue weighted by Crippen LogP contribution is 2.15. The molecule has 0 unspecified atom stereocenters. The lowest BCUT2D eigenvalue weighted by Crippen LogP contribution is -2.51. The zero-order valence-electron chi connectivity index (χ0n) is 15.0. The van der Waals surface area contributed by atoms with Gasteiger partial charge in [-0.3, -0.25) is 9.59 Å². The van der Waals surface area contributed by atoms with E-state index >= 15 is 0 Å². The highest BCUT2D eigenvalue weighted by molar-refractivity contribution is 7.09. The third-order valence-electron chi connectivity index (χ3n) is 4.66. The maximum Gasteiger partial charge on any atom is 0.227 e. The minimum absolute atomic E-state index is 0.112. The minimum Gasteiger partial charge on any atom is -0.497 e. The van der Waals surface area contributed by atoms with E-state index in [0.717, 1.165) is 17.7 Å². The third kappa shape index (κ3) is 4.85. The molecule has 2 amide bonds. The van der Waals surface area contributed by atoms with Gasteiger partial charge in [-0.1, -0.05) is 18.2 Å². The lowest BCUT2D eigenvalue weighted by Gasteiger charge is -2.35. The standard InChI is InChI=1S/C20H24N2O3S/c1-25-17-6-4-16(5-7-17)15-20(24)22-12-10-21(11-13-22)19(23)9-8-18-3-2-14-26-18/h2-7,14H,8-13,15H2,1H3. The van der Waals surface area contributed by atoms with Crippen molar-refractivity contribution in [3.8, 4) is 5.75 Å². The monoisotopic (exact) mass is 372 g/mol. The van der Waals surface area contributed by atoms with Gasteiger partial charge < -0.3 is 14.5 Å². The number of piperazine rings is 1. The zero-order valence-corrected chi connectivity index (χ0v) is 15.8. The summed E-state index contributed by atoms with van der Waals surface area (Å²) in [5.41, 5.74) is 0.977. The minimum atomic E-state index is 0.112. The number of carbonyl (C=O) groups is 2. The molecule has 0 aliphatic carbocycles. The summed E-state index contributed by atoms with van der Waals surface area (Å²) in [6, 6.07) is 11.6. The molecule has 0 bridgehead atoms. The quantitative estimate of drug-likeness (QED) is 0.783. The molecule has 1 aromatic carbocycles. The van der Waals surface area contributed by atoms with Crippen LogP contribution in [0.15, 0.2) is 41.8 Å². The molecule has 5 nitrogen and oxygen atoms in total. The van der Waals surface area contributed by atoms with Crippen molar-refractivity contribution in [3.63, 3.8) is 0 Å². The van der Waals surface area contributed by atoms with Gasteiger partial charge >= 0.3 is 0 Å². The first-order valence-electron chi connectivity index (χ1n) is 8.86. The Morgan fingerprint density at radius 3 is 2.23 bits per heavy atom. The SMILES string of the molecule is COc1ccc(CC(=O)N2CCN(C(=O)CCc3cccs3)CC2)cc1. The highest BCUT2D eigenvalue weighted by Gasteiger charge is 2.23. The Kier molecular flexibility index (Phi) is 6.28. The van der Waals surface area contributed by atoms with E-state index in [-0.39, 0.29) is 11.8 Å². The topological polar surface area (TPSA) is 49.9 Å². The van der Waals surface area contributed by atoms with Crippen LogP contribution in [-0.4, -0.2) is 54.9 Å². The normalized spacial score (nSPS) is 14.3. The van der Waals surface area contributed by atoms with Crippen molar-refractivity contribution in [2.75, 3.05) is 33.3 Å². The molecule has 0 atom stereocenters. The predicted octanol–water partition coefficient (Wildman–Crippen LogP) is 2.60. The Morgan fingerprint density at radius 2 is 1.65 bits per heavy atom. The van der Waals surface area contributed by atoms with Crippen molar-refractivity contribution in [1.82, 2.24) is 9.80 Å². The molecule has 3 rings (SSSR count). The van der Waals surface area contributed by atoms with E-state index in [4.69, 9.17) is 4.74 Å². The number of thiophene rings is 1. The van der Waals surface area contributed by atoms with E-state index < -0.39 is 0 Å². The van der Waals surface area contributed by atoms with Gasteiger partial charge in [0.05, 0.1) is 13.5 Å². The second kappa shape index (κ2) is 8.85. The maximum absolute atomic E-state index is 12.5. The molecule has 1 aromatic heterocycles. The molecule has 0 saturated carbocycles. The number of amides is 2. The maximum atomic E-state index is 12.5. The molecule has 1 saturated heterocycles. The number of nitrogens with zero attached hydrogens (tertiary/aromatic N) is 2. The highest BCUT2D eigenvalue weighted by atomic mass is 32.1. The Balaban J connectivity index is 1.43. The van der Waals surface area contributed by atoms with Crippen LogP contribution in [0.4, 0.5) is 0 Å². The van der Waals surface area contributed by atoms with Gasteiger partial charge in [-0.2, -0.15) is 0 Å². The number of benzene rings is 1. The summed E-state index contributed by atoms with van der Waals surface area (Å²) in [5.74, 6) is 1.08. The van der Waals surface area contributed by atoms with Crippen LogP contribution in [0.1, 0.15) is 16.9 Å². The molecule has 0 spiro atoms. The van der Waals surface area contributed by atoms with Crippen LogP contribution in [0.2, 0.25) is 0 Å². The first-order valence-corrected chi connectivity index (χ1v) is 9.74. The van der Waals surface area contributed by atoms with Gasteiger partial charge in [-0.15, -0.1) is 11.3 Å². The van der Waals surface area contributed by atoms with E-state index in [1.807, 2.05) is 45.5 Å². The van der Waals surface area contributed by atoms with Crippen LogP contribution in [0.5, 0.6) is 5.75 Å². The van der Waals surface area contributed by atoms with Crippen LogP contribution in [0.25, 0.3) is 0 Å². The van der Waals surface area contributed by atoms with Gasteiger partial charge in [0.25, 0.3) is 0 Å². The van der Waals surface area contributed by atoms with Crippen molar-refractivity contribution in [2.45, 2.75) is 19.3 Å². The fraction of sp³-hybridized carbons (Fsp3) is 0.400. The van der Waals surface area contributed by atoms with Crippen molar-refractivity contribution >= 4 is 23.2 Å². The van der Waals surface area contributed by atoms with E-state index in [9.17, 15) is 9.59 Å². The Hall–Kier alpha value is -2.34. The molecule has 2 aromatic rings. The molecule has 0 N–H and O–H groups in total. The third-order valence-corrected chi connectivity index (χ3v) is 5.60. The van der Waals surface area contributed by atoms with Crippen molar-refractivity contribution < 1.29 is 14.3 Å². The molecular weight excluding hydrogens is 348 g/mol. The molecule has 1 aliphatic heterocycles. The molecule has 1 fully saturated rings. The smallest absolute Gasteiger partial charge is 0.227 e. The molecule has 138 valence electrons. The summed E-state index contributed by atoms with van der Waals surface area (Å²) in [4.78, 5) is 29.8. The Bertz CT molecular complexity index is 720. The fourth-order valence-corrected chi connectivity index (χ4v) is 3.79. The van der Waals surface area contributed by atoms with E-state index in [2.05, 4.69) is 6.07 Å². The first kappa shape index (κ1) is 18.5. The predicted molar refractivity (Wildman–Crippen MR) is 102 cm³/mol. The van der Waals surface area contributed by atoms with E-state index in [1.54, 1.807) is 18.4 Å². The summed E-state index contributed by atoms with van der Waals surface area (Å²) in [6.45, 7) is 2.47. The van der Waals surface area contributed by atoms with E-state index in [1.165, 1.54) is 4.88 Å². The van der Waals surface area contributed by atoms with Crippen LogP contribution < -0.4 is 4.74 Å².